The van der Waals surface area contributed by atoms with Crippen LogP contribution in [0.4, 0.5) is 5.82 Å². The van der Waals surface area contributed by atoms with Gasteiger partial charge in [0, 0.05) is 18.2 Å². The van der Waals surface area contributed by atoms with Crippen molar-refractivity contribution in [3.05, 3.63) is 11.3 Å². The molecule has 0 saturated carbocycles. The van der Waals surface area contributed by atoms with Crippen molar-refractivity contribution in [1.29, 1.82) is 0 Å². The van der Waals surface area contributed by atoms with Crippen molar-refractivity contribution < 1.29 is 4.74 Å². The number of anilines is 1. The van der Waals surface area contributed by atoms with E-state index in [1.54, 1.807) is 7.11 Å². The summed E-state index contributed by atoms with van der Waals surface area (Å²) in [5.41, 5.74) is 7.85. The molecule has 2 rings (SSSR count). The molecule has 2 heterocycles. The summed E-state index contributed by atoms with van der Waals surface area (Å²) in [5.74, 6) is 0.531. The van der Waals surface area contributed by atoms with Gasteiger partial charge in [0.25, 0.3) is 0 Å². The van der Waals surface area contributed by atoms with Crippen LogP contribution in [0.15, 0.2) is 0 Å². The van der Waals surface area contributed by atoms with Gasteiger partial charge in [0.15, 0.2) is 0 Å². The maximum Gasteiger partial charge on any atom is 0.318 e. The van der Waals surface area contributed by atoms with Crippen molar-refractivity contribution in [3.8, 4) is 6.01 Å². The van der Waals surface area contributed by atoms with Crippen molar-refractivity contribution in [2.45, 2.75) is 19.5 Å². The van der Waals surface area contributed by atoms with Gasteiger partial charge in [-0.15, -0.1) is 0 Å². The van der Waals surface area contributed by atoms with Crippen LogP contribution in [0, 0.1) is 0 Å². The van der Waals surface area contributed by atoms with E-state index in [0.29, 0.717) is 11.8 Å². The van der Waals surface area contributed by atoms with Gasteiger partial charge in [-0.2, -0.15) is 9.97 Å². The summed E-state index contributed by atoms with van der Waals surface area (Å²) in [5, 5.41) is 0. The lowest BCUT2D eigenvalue weighted by Crippen LogP contribution is -2.13. The van der Waals surface area contributed by atoms with Crippen molar-refractivity contribution in [3.63, 3.8) is 0 Å². The lowest BCUT2D eigenvalue weighted by atomic mass is 10.1. The second-order valence-electron chi connectivity index (χ2n) is 3.55. The number of hydrogen-bond acceptors (Lipinski definition) is 5. The maximum absolute atomic E-state index is 5.84. The van der Waals surface area contributed by atoms with Gasteiger partial charge in [0.2, 0.25) is 0 Å². The average molecular weight is 194 g/mol. The Morgan fingerprint density at radius 2 is 2.21 bits per heavy atom. The average Bonchev–Trinajstić information content (AvgIpc) is 2.43. The van der Waals surface area contributed by atoms with Gasteiger partial charge in [0.05, 0.1) is 12.8 Å². The number of nitrogens with two attached hydrogens (primary N) is 1. The first-order valence-electron chi connectivity index (χ1n) is 4.54. The predicted octanol–water partition coefficient (Wildman–Crippen LogP) is 0.574. The zero-order valence-electron chi connectivity index (χ0n) is 8.61. The van der Waals surface area contributed by atoms with Gasteiger partial charge in [-0.1, -0.05) is 0 Å². The van der Waals surface area contributed by atoms with Crippen LogP contribution in [0.3, 0.4) is 0 Å². The van der Waals surface area contributed by atoms with E-state index >= 15 is 0 Å². The summed E-state index contributed by atoms with van der Waals surface area (Å²) >= 11 is 0. The second kappa shape index (κ2) is 3.09. The van der Waals surface area contributed by atoms with Gasteiger partial charge in [0.1, 0.15) is 5.82 Å². The summed E-state index contributed by atoms with van der Waals surface area (Å²) in [6.45, 7) is 2.90. The third-order valence-corrected chi connectivity index (χ3v) is 2.69. The second-order valence-corrected chi connectivity index (χ2v) is 3.55. The molecule has 1 atom stereocenters. The van der Waals surface area contributed by atoms with Crippen molar-refractivity contribution in [2.75, 3.05) is 19.9 Å². The largest absolute Gasteiger partial charge is 0.467 e. The molecule has 1 aliphatic heterocycles. The van der Waals surface area contributed by atoms with Crippen LogP contribution in [-0.2, 0) is 6.54 Å². The highest BCUT2D eigenvalue weighted by molar-refractivity contribution is 5.47. The van der Waals surface area contributed by atoms with Gasteiger partial charge >= 0.3 is 6.01 Å². The molecule has 0 radical (unpaired) electrons. The summed E-state index contributed by atoms with van der Waals surface area (Å²) in [4.78, 5) is 10.5. The minimum absolute atomic E-state index is 0.288. The molecular formula is C9H14N4O. The first-order chi connectivity index (χ1) is 6.63. The highest BCUT2D eigenvalue weighted by Gasteiger charge is 2.28. The van der Waals surface area contributed by atoms with E-state index < -0.39 is 0 Å². The molecule has 1 aliphatic rings. The number of fused-ring (bicyclic) bond motifs is 1. The Kier molecular flexibility index (Phi) is 2.03. The molecule has 1 unspecified atom stereocenters. The molecule has 76 valence electrons. The van der Waals surface area contributed by atoms with E-state index in [1.165, 1.54) is 0 Å². The first kappa shape index (κ1) is 9.21. The fourth-order valence-electron chi connectivity index (χ4n) is 1.77. The van der Waals surface area contributed by atoms with E-state index in [2.05, 4.69) is 21.8 Å². The molecule has 0 spiro atoms. The number of nitrogens with zero attached hydrogens (tertiary/aromatic N) is 3. The van der Waals surface area contributed by atoms with E-state index in [-0.39, 0.29) is 6.04 Å². The molecule has 0 amide bonds. The topological polar surface area (TPSA) is 64.3 Å². The number of rotatable bonds is 1. The van der Waals surface area contributed by atoms with Gasteiger partial charge in [-0.05, 0) is 14.0 Å². The van der Waals surface area contributed by atoms with Gasteiger partial charge in [-0.25, -0.2) is 0 Å². The fourth-order valence-corrected chi connectivity index (χ4v) is 1.77. The maximum atomic E-state index is 5.84. The fraction of sp³-hybridized carbons (Fsp3) is 0.556. The van der Waals surface area contributed by atoms with Crippen LogP contribution in [0.2, 0.25) is 0 Å². The number of ether oxygens (including phenoxy) is 1. The van der Waals surface area contributed by atoms with Crippen LogP contribution >= 0.6 is 0 Å². The highest BCUT2D eigenvalue weighted by atomic mass is 16.5. The zero-order valence-corrected chi connectivity index (χ0v) is 8.61. The Labute approximate surface area is 82.9 Å². The first-order valence-corrected chi connectivity index (χ1v) is 4.54. The summed E-state index contributed by atoms with van der Waals surface area (Å²) in [6.07, 6.45) is 0. The Morgan fingerprint density at radius 1 is 1.50 bits per heavy atom. The van der Waals surface area contributed by atoms with E-state index in [1.807, 2.05) is 7.05 Å². The zero-order chi connectivity index (χ0) is 10.3. The monoisotopic (exact) mass is 194 g/mol. The number of methoxy groups -OCH3 is 1. The molecule has 14 heavy (non-hydrogen) atoms. The van der Waals surface area contributed by atoms with E-state index in [4.69, 9.17) is 10.5 Å². The Hall–Kier alpha value is -1.36. The quantitative estimate of drug-likeness (QED) is 0.708. The molecule has 0 fully saturated rings. The predicted molar refractivity (Wildman–Crippen MR) is 52.9 cm³/mol. The van der Waals surface area contributed by atoms with Crippen LogP contribution < -0.4 is 10.5 Å². The number of aromatic nitrogens is 2. The van der Waals surface area contributed by atoms with Crippen LogP contribution in [-0.4, -0.2) is 29.0 Å². The lowest BCUT2D eigenvalue weighted by molar-refractivity contribution is 0.285. The minimum Gasteiger partial charge on any atom is -0.467 e. The molecule has 5 heteroatoms. The van der Waals surface area contributed by atoms with E-state index in [0.717, 1.165) is 17.8 Å². The molecule has 1 aromatic rings. The van der Waals surface area contributed by atoms with E-state index in [9.17, 15) is 0 Å². The molecule has 2 N–H and O–H groups in total. The Morgan fingerprint density at radius 3 is 2.86 bits per heavy atom. The molecule has 5 nitrogen and oxygen atoms in total. The van der Waals surface area contributed by atoms with Crippen molar-refractivity contribution in [1.82, 2.24) is 14.9 Å². The molecule has 0 aromatic carbocycles. The summed E-state index contributed by atoms with van der Waals surface area (Å²) < 4.78 is 4.97. The van der Waals surface area contributed by atoms with Gasteiger partial charge < -0.3 is 10.5 Å². The third-order valence-electron chi connectivity index (χ3n) is 2.69. The Bertz CT molecular complexity index is 366. The smallest absolute Gasteiger partial charge is 0.318 e. The minimum atomic E-state index is 0.288. The van der Waals surface area contributed by atoms with Crippen molar-refractivity contribution in [2.24, 2.45) is 0 Å². The molecule has 1 aromatic heterocycles. The molecule has 0 saturated heterocycles. The molecule has 0 aliphatic carbocycles. The standard InChI is InChI=1S/C9H14N4O/c1-5-7-6(4-13(5)2)11-9(14-3)12-8(7)10/h5H,4H2,1-3H3,(H2,10,11,12). The van der Waals surface area contributed by atoms with Crippen LogP contribution in [0.1, 0.15) is 24.2 Å². The third kappa shape index (κ3) is 1.21. The molecular weight excluding hydrogens is 180 g/mol. The molecule has 0 bridgehead atoms. The normalized spacial score (nSPS) is 20.9. The lowest BCUT2D eigenvalue weighted by Gasteiger charge is -2.14. The SMILES string of the molecule is COc1nc(N)c2c(n1)CN(C)C2C. The highest BCUT2D eigenvalue weighted by Crippen LogP contribution is 2.34. The van der Waals surface area contributed by atoms with Crippen LogP contribution in [0.5, 0.6) is 6.01 Å². The summed E-state index contributed by atoms with van der Waals surface area (Å²) in [6, 6.07) is 0.639. The number of nitrogen functional groups attached to an aromatic ring is 1. The van der Waals surface area contributed by atoms with Crippen LogP contribution in [0.25, 0.3) is 0 Å². The van der Waals surface area contributed by atoms with Crippen molar-refractivity contribution >= 4 is 5.82 Å². The van der Waals surface area contributed by atoms with Gasteiger partial charge in [-0.3, -0.25) is 4.90 Å². The Balaban J connectivity index is 2.52. The summed E-state index contributed by atoms with van der Waals surface area (Å²) in [7, 11) is 3.58. The number of hydrogen-bond donors (Lipinski definition) is 1.